The summed E-state index contributed by atoms with van der Waals surface area (Å²) in [5.74, 6) is 0.977. The molecule has 1 fully saturated rings. The Hall–Kier alpha value is -1.43. The zero-order valence-corrected chi connectivity index (χ0v) is 13.5. The average molecular weight is 322 g/mol. The second-order valence-electron chi connectivity index (χ2n) is 6.26. The molecule has 1 aliphatic rings. The molecular weight excluding hydrogens is 302 g/mol. The van der Waals surface area contributed by atoms with Gasteiger partial charge in [-0.3, -0.25) is 4.90 Å². The van der Waals surface area contributed by atoms with Crippen molar-refractivity contribution in [1.29, 1.82) is 0 Å². The molecule has 2 aromatic rings. The summed E-state index contributed by atoms with van der Waals surface area (Å²) in [5.41, 5.74) is 0.00520. The molecule has 1 saturated heterocycles. The molecule has 0 saturated carbocycles. The van der Waals surface area contributed by atoms with Crippen molar-refractivity contribution in [1.82, 2.24) is 15.1 Å². The Kier molecular flexibility index (Phi) is 4.21. The summed E-state index contributed by atoms with van der Waals surface area (Å²) >= 11 is 6.15. The van der Waals surface area contributed by atoms with Crippen molar-refractivity contribution in [3.63, 3.8) is 0 Å². The molecule has 0 amide bonds. The predicted molar refractivity (Wildman–Crippen MR) is 84.5 cm³/mol. The summed E-state index contributed by atoms with van der Waals surface area (Å²) in [5, 5.41) is 19.1. The molecule has 0 spiro atoms. The summed E-state index contributed by atoms with van der Waals surface area (Å²) in [6, 6.07) is 7.51. The second-order valence-corrected chi connectivity index (χ2v) is 6.67. The van der Waals surface area contributed by atoms with Crippen molar-refractivity contribution in [2.75, 3.05) is 6.54 Å². The lowest BCUT2D eigenvalue weighted by molar-refractivity contribution is -0.00723. The molecule has 0 aliphatic carbocycles. The first-order valence-corrected chi connectivity index (χ1v) is 7.86. The minimum atomic E-state index is -0.734. The molecule has 5 nitrogen and oxygen atoms in total. The maximum Gasteiger partial charge on any atom is 0.249 e. The van der Waals surface area contributed by atoms with Crippen molar-refractivity contribution < 1.29 is 9.52 Å². The van der Waals surface area contributed by atoms with Crippen LogP contribution in [-0.2, 0) is 6.54 Å². The highest BCUT2D eigenvalue weighted by Gasteiger charge is 2.36. The largest absolute Gasteiger partial charge is 0.419 e. The molecule has 1 aliphatic heterocycles. The van der Waals surface area contributed by atoms with E-state index >= 15 is 0 Å². The van der Waals surface area contributed by atoms with Crippen LogP contribution < -0.4 is 0 Å². The van der Waals surface area contributed by atoms with Crippen molar-refractivity contribution >= 4 is 11.6 Å². The van der Waals surface area contributed by atoms with Gasteiger partial charge in [-0.15, -0.1) is 10.2 Å². The SMILES string of the molecule is CC(C)(O)C1CCCN1Cc1nnc(-c2ccccc2Cl)o1. The molecule has 1 aromatic carbocycles. The van der Waals surface area contributed by atoms with E-state index in [2.05, 4.69) is 15.1 Å². The Labute approximate surface area is 134 Å². The number of hydrogen-bond donors (Lipinski definition) is 1. The monoisotopic (exact) mass is 321 g/mol. The predicted octanol–water partition coefficient (Wildman–Crippen LogP) is 3.13. The van der Waals surface area contributed by atoms with E-state index in [0.717, 1.165) is 24.9 Å². The van der Waals surface area contributed by atoms with Gasteiger partial charge in [0.25, 0.3) is 0 Å². The third-order valence-corrected chi connectivity index (χ3v) is 4.42. The van der Waals surface area contributed by atoms with Gasteiger partial charge in [0.05, 0.1) is 22.7 Å². The molecule has 2 heterocycles. The third kappa shape index (κ3) is 3.16. The molecule has 1 unspecified atom stereocenters. The van der Waals surface area contributed by atoms with Gasteiger partial charge < -0.3 is 9.52 Å². The van der Waals surface area contributed by atoms with Gasteiger partial charge in [0.1, 0.15) is 0 Å². The number of aliphatic hydroxyl groups is 1. The highest BCUT2D eigenvalue weighted by Crippen LogP contribution is 2.30. The minimum absolute atomic E-state index is 0.114. The Morgan fingerprint density at radius 1 is 1.36 bits per heavy atom. The number of aromatic nitrogens is 2. The first kappa shape index (κ1) is 15.5. The lowest BCUT2D eigenvalue weighted by atomic mass is 9.97. The van der Waals surface area contributed by atoms with Gasteiger partial charge in [0.2, 0.25) is 11.8 Å². The standard InChI is InChI=1S/C16H20ClN3O2/c1-16(2,21)13-8-5-9-20(13)10-14-18-19-15(22-14)11-6-3-4-7-12(11)17/h3-4,6-7,13,21H,5,8-10H2,1-2H3. The molecule has 6 heteroatoms. The number of likely N-dealkylation sites (tertiary alicyclic amines) is 1. The van der Waals surface area contributed by atoms with E-state index in [1.807, 2.05) is 32.0 Å². The number of rotatable bonds is 4. The molecule has 118 valence electrons. The Morgan fingerprint density at radius 2 is 2.14 bits per heavy atom. The fourth-order valence-corrected chi connectivity index (χ4v) is 3.27. The Balaban J connectivity index is 1.76. The van der Waals surface area contributed by atoms with Gasteiger partial charge in [-0.1, -0.05) is 23.7 Å². The summed E-state index contributed by atoms with van der Waals surface area (Å²) < 4.78 is 5.74. The van der Waals surface area contributed by atoms with Gasteiger partial charge in [0, 0.05) is 6.04 Å². The smallest absolute Gasteiger partial charge is 0.249 e. The molecule has 22 heavy (non-hydrogen) atoms. The second kappa shape index (κ2) is 5.99. The molecule has 1 atom stereocenters. The van der Waals surface area contributed by atoms with Crippen LogP contribution in [0.3, 0.4) is 0 Å². The van der Waals surface area contributed by atoms with Gasteiger partial charge in [-0.05, 0) is 45.4 Å². The summed E-state index contributed by atoms with van der Waals surface area (Å²) in [4.78, 5) is 2.20. The Bertz CT molecular complexity index is 651. The minimum Gasteiger partial charge on any atom is -0.419 e. The van der Waals surface area contributed by atoms with Crippen molar-refractivity contribution in [2.24, 2.45) is 0 Å². The van der Waals surface area contributed by atoms with E-state index in [-0.39, 0.29) is 6.04 Å². The molecular formula is C16H20ClN3O2. The molecule has 0 bridgehead atoms. The van der Waals surface area contributed by atoms with E-state index in [1.54, 1.807) is 6.07 Å². The zero-order chi connectivity index (χ0) is 15.7. The van der Waals surface area contributed by atoms with Gasteiger partial charge in [-0.2, -0.15) is 0 Å². The first-order valence-electron chi connectivity index (χ1n) is 7.49. The molecule has 1 N–H and O–H groups in total. The molecule has 0 radical (unpaired) electrons. The third-order valence-electron chi connectivity index (χ3n) is 4.09. The number of halogens is 1. The fourth-order valence-electron chi connectivity index (χ4n) is 3.05. The van der Waals surface area contributed by atoms with E-state index in [1.165, 1.54) is 0 Å². The van der Waals surface area contributed by atoms with Crippen LogP contribution in [0, 0.1) is 0 Å². The van der Waals surface area contributed by atoms with Crippen LogP contribution in [0.15, 0.2) is 28.7 Å². The maximum absolute atomic E-state index is 10.3. The summed E-state index contributed by atoms with van der Waals surface area (Å²) in [6.45, 7) is 5.17. The lowest BCUT2D eigenvalue weighted by Crippen LogP contribution is -2.45. The normalized spacial score (nSPS) is 19.7. The van der Waals surface area contributed by atoms with Crippen LogP contribution >= 0.6 is 11.6 Å². The quantitative estimate of drug-likeness (QED) is 0.937. The van der Waals surface area contributed by atoms with Crippen LogP contribution in [0.1, 0.15) is 32.6 Å². The van der Waals surface area contributed by atoms with E-state index in [9.17, 15) is 5.11 Å². The molecule has 1 aromatic heterocycles. The number of benzene rings is 1. The lowest BCUT2D eigenvalue weighted by Gasteiger charge is -2.32. The van der Waals surface area contributed by atoms with Crippen LogP contribution in [0.2, 0.25) is 5.02 Å². The topological polar surface area (TPSA) is 62.4 Å². The fraction of sp³-hybridized carbons (Fsp3) is 0.500. The van der Waals surface area contributed by atoms with E-state index in [4.69, 9.17) is 16.0 Å². The van der Waals surface area contributed by atoms with Gasteiger partial charge >= 0.3 is 0 Å². The number of hydrogen-bond acceptors (Lipinski definition) is 5. The van der Waals surface area contributed by atoms with Gasteiger partial charge in [0.15, 0.2) is 0 Å². The molecule has 3 rings (SSSR count). The van der Waals surface area contributed by atoms with Crippen LogP contribution in [0.25, 0.3) is 11.5 Å². The summed E-state index contributed by atoms with van der Waals surface area (Å²) in [7, 11) is 0. The maximum atomic E-state index is 10.3. The highest BCUT2D eigenvalue weighted by atomic mass is 35.5. The van der Waals surface area contributed by atoms with Crippen LogP contribution in [0.5, 0.6) is 0 Å². The van der Waals surface area contributed by atoms with E-state index < -0.39 is 5.60 Å². The van der Waals surface area contributed by atoms with Crippen LogP contribution in [-0.4, -0.2) is 38.4 Å². The van der Waals surface area contributed by atoms with Crippen LogP contribution in [0.4, 0.5) is 0 Å². The van der Waals surface area contributed by atoms with E-state index in [0.29, 0.717) is 23.3 Å². The Morgan fingerprint density at radius 3 is 2.86 bits per heavy atom. The van der Waals surface area contributed by atoms with Crippen molar-refractivity contribution in [3.8, 4) is 11.5 Å². The highest BCUT2D eigenvalue weighted by molar-refractivity contribution is 6.33. The zero-order valence-electron chi connectivity index (χ0n) is 12.8. The average Bonchev–Trinajstić information content (AvgIpc) is 3.08. The van der Waals surface area contributed by atoms with Crippen molar-refractivity contribution in [2.45, 2.75) is 44.9 Å². The first-order chi connectivity index (χ1) is 10.4. The summed E-state index contributed by atoms with van der Waals surface area (Å²) in [6.07, 6.45) is 2.05. The number of nitrogens with zero attached hydrogens (tertiary/aromatic N) is 3. The van der Waals surface area contributed by atoms with Crippen molar-refractivity contribution in [3.05, 3.63) is 35.2 Å². The van der Waals surface area contributed by atoms with Gasteiger partial charge in [-0.25, -0.2) is 0 Å².